The van der Waals surface area contributed by atoms with Gasteiger partial charge in [0.05, 0.1) is 0 Å². The normalized spacial score (nSPS) is 11.3. The Hall–Kier alpha value is -3.13. The van der Waals surface area contributed by atoms with Crippen molar-refractivity contribution in [1.82, 2.24) is 0 Å². The third kappa shape index (κ3) is 3.28. The highest BCUT2D eigenvalue weighted by molar-refractivity contribution is 6.13. The van der Waals surface area contributed by atoms with Crippen LogP contribution in [-0.2, 0) is 0 Å². The van der Waals surface area contributed by atoms with Gasteiger partial charge in [-0.15, -0.1) is 0 Å². The molecule has 0 aliphatic carbocycles. The average Bonchev–Trinajstić information content (AvgIpc) is 2.61. The predicted molar refractivity (Wildman–Crippen MR) is 102 cm³/mol. The van der Waals surface area contributed by atoms with Gasteiger partial charge >= 0.3 is 0 Å². The van der Waals surface area contributed by atoms with Crippen LogP contribution in [-0.4, -0.2) is 5.78 Å². The first-order valence-corrected chi connectivity index (χ1v) is 7.88. The van der Waals surface area contributed by atoms with Gasteiger partial charge in [0.15, 0.2) is 5.78 Å². The maximum absolute atomic E-state index is 12.7. The lowest BCUT2D eigenvalue weighted by atomic mass is 10.0. The molecule has 0 heterocycles. The number of rotatable bonds is 5. The smallest absolute Gasteiger partial charge is 0.188 e. The summed E-state index contributed by atoms with van der Waals surface area (Å²) in [4.78, 5) is 12.7. The molecule has 0 aromatic heterocycles. The molecule has 24 heavy (non-hydrogen) atoms. The molecule has 0 fully saturated rings. The summed E-state index contributed by atoms with van der Waals surface area (Å²) in [5.41, 5.74) is 3.45. The van der Waals surface area contributed by atoms with E-state index in [1.165, 1.54) is 0 Å². The number of allylic oxidation sites excluding steroid dienone is 2. The van der Waals surface area contributed by atoms with Crippen LogP contribution in [0.25, 0.3) is 16.8 Å². The van der Waals surface area contributed by atoms with Crippen molar-refractivity contribution in [2.75, 3.05) is 5.32 Å². The molecule has 3 aromatic rings. The highest BCUT2D eigenvalue weighted by Crippen LogP contribution is 2.21. The summed E-state index contributed by atoms with van der Waals surface area (Å²) >= 11 is 0. The van der Waals surface area contributed by atoms with Crippen molar-refractivity contribution < 1.29 is 4.79 Å². The monoisotopic (exact) mass is 313 g/mol. The summed E-state index contributed by atoms with van der Waals surface area (Å²) in [7, 11) is 0. The van der Waals surface area contributed by atoms with Crippen LogP contribution in [0.4, 0.5) is 5.69 Å². The molecule has 0 spiro atoms. The molecule has 1 N–H and O–H groups in total. The lowest BCUT2D eigenvalue weighted by Gasteiger charge is -2.10. The maximum Gasteiger partial charge on any atom is 0.188 e. The van der Waals surface area contributed by atoms with E-state index in [-0.39, 0.29) is 5.78 Å². The SMILES string of the molecule is C=Cc1ccccc1N/C(C)=C/C(=O)c1cccc2ccccc12. The van der Waals surface area contributed by atoms with Gasteiger partial charge in [0.25, 0.3) is 0 Å². The van der Waals surface area contributed by atoms with E-state index >= 15 is 0 Å². The highest BCUT2D eigenvalue weighted by atomic mass is 16.1. The minimum Gasteiger partial charge on any atom is -0.359 e. The minimum atomic E-state index is -0.00659. The Morgan fingerprint density at radius 2 is 1.67 bits per heavy atom. The van der Waals surface area contributed by atoms with Crippen LogP contribution in [0.2, 0.25) is 0 Å². The van der Waals surface area contributed by atoms with Crippen LogP contribution >= 0.6 is 0 Å². The Bertz CT molecular complexity index is 932. The highest BCUT2D eigenvalue weighted by Gasteiger charge is 2.08. The molecule has 3 rings (SSSR count). The van der Waals surface area contributed by atoms with Gasteiger partial charge in [-0.05, 0) is 29.3 Å². The number of nitrogens with one attached hydrogen (secondary N) is 1. The van der Waals surface area contributed by atoms with Crippen LogP contribution in [0, 0.1) is 0 Å². The fourth-order valence-corrected chi connectivity index (χ4v) is 2.75. The van der Waals surface area contributed by atoms with Crippen LogP contribution in [0.3, 0.4) is 0 Å². The van der Waals surface area contributed by atoms with Crippen molar-refractivity contribution in [1.29, 1.82) is 0 Å². The molecule has 0 unspecified atom stereocenters. The van der Waals surface area contributed by atoms with Gasteiger partial charge < -0.3 is 5.32 Å². The minimum absolute atomic E-state index is 0.00659. The second-order valence-electron chi connectivity index (χ2n) is 5.63. The van der Waals surface area contributed by atoms with E-state index < -0.39 is 0 Å². The predicted octanol–water partition coefficient (Wildman–Crippen LogP) is 5.68. The second-order valence-corrected chi connectivity index (χ2v) is 5.63. The first-order chi connectivity index (χ1) is 11.7. The maximum atomic E-state index is 12.7. The van der Waals surface area contributed by atoms with Crippen molar-refractivity contribution >= 4 is 28.3 Å². The van der Waals surface area contributed by atoms with Gasteiger partial charge in [-0.25, -0.2) is 0 Å². The Balaban J connectivity index is 1.89. The molecule has 0 amide bonds. The van der Waals surface area contributed by atoms with Gasteiger partial charge in [0.2, 0.25) is 0 Å². The zero-order valence-corrected chi connectivity index (χ0v) is 13.6. The molecule has 2 heteroatoms. The Labute approximate surface area is 142 Å². The van der Waals surface area contributed by atoms with Crippen LogP contribution in [0.15, 0.2) is 85.1 Å². The van der Waals surface area contributed by atoms with Crippen molar-refractivity contribution in [3.8, 4) is 0 Å². The van der Waals surface area contributed by atoms with E-state index in [2.05, 4.69) is 11.9 Å². The Morgan fingerprint density at radius 3 is 2.50 bits per heavy atom. The second kappa shape index (κ2) is 6.97. The van der Waals surface area contributed by atoms with Gasteiger partial charge in [-0.2, -0.15) is 0 Å². The van der Waals surface area contributed by atoms with E-state index in [0.29, 0.717) is 5.56 Å². The van der Waals surface area contributed by atoms with Gasteiger partial charge in [-0.3, -0.25) is 4.79 Å². The van der Waals surface area contributed by atoms with Crippen LogP contribution in [0.5, 0.6) is 0 Å². The molecular formula is C22H19NO. The number of carbonyl (C=O) groups excluding carboxylic acids is 1. The third-order valence-corrected chi connectivity index (χ3v) is 3.92. The van der Waals surface area contributed by atoms with Gasteiger partial charge in [0.1, 0.15) is 0 Å². The lowest BCUT2D eigenvalue weighted by Crippen LogP contribution is -2.03. The summed E-state index contributed by atoms with van der Waals surface area (Å²) < 4.78 is 0. The number of hydrogen-bond donors (Lipinski definition) is 1. The summed E-state index contributed by atoms with van der Waals surface area (Å²) in [6, 6.07) is 21.6. The number of hydrogen-bond acceptors (Lipinski definition) is 2. The van der Waals surface area contributed by atoms with E-state index in [1.807, 2.05) is 73.7 Å². The summed E-state index contributed by atoms with van der Waals surface area (Å²) in [5, 5.41) is 5.32. The Morgan fingerprint density at radius 1 is 0.958 bits per heavy atom. The largest absolute Gasteiger partial charge is 0.359 e. The quantitative estimate of drug-likeness (QED) is 0.485. The molecule has 0 bridgehead atoms. The molecule has 0 saturated heterocycles. The van der Waals surface area contributed by atoms with Crippen LogP contribution < -0.4 is 5.32 Å². The average molecular weight is 313 g/mol. The number of carbonyl (C=O) groups is 1. The number of ketones is 1. The summed E-state index contributed by atoms with van der Waals surface area (Å²) in [6.07, 6.45) is 3.43. The zero-order valence-electron chi connectivity index (χ0n) is 13.6. The fourth-order valence-electron chi connectivity index (χ4n) is 2.75. The molecule has 0 radical (unpaired) electrons. The molecular weight excluding hydrogens is 294 g/mol. The number of benzene rings is 3. The van der Waals surface area contributed by atoms with Gasteiger partial charge in [0, 0.05) is 23.0 Å². The molecule has 0 aliphatic heterocycles. The summed E-state index contributed by atoms with van der Waals surface area (Å²) in [5.74, 6) is -0.00659. The topological polar surface area (TPSA) is 29.1 Å². The molecule has 0 aliphatic rings. The van der Waals surface area contributed by atoms with E-state index in [9.17, 15) is 4.79 Å². The van der Waals surface area contributed by atoms with Crippen molar-refractivity contribution in [3.63, 3.8) is 0 Å². The number of anilines is 1. The van der Waals surface area contributed by atoms with Crippen molar-refractivity contribution in [3.05, 3.63) is 96.2 Å². The van der Waals surface area contributed by atoms with Crippen molar-refractivity contribution in [2.24, 2.45) is 0 Å². The molecule has 118 valence electrons. The standard InChI is InChI=1S/C22H19NO/c1-3-17-9-5-7-14-21(17)23-16(2)15-22(24)20-13-8-11-18-10-4-6-12-19(18)20/h3-15,23H,1H2,2H3/b16-15+. The molecule has 2 nitrogen and oxygen atoms in total. The Kier molecular flexibility index (Phi) is 4.57. The number of para-hydroxylation sites is 1. The molecule has 0 atom stereocenters. The molecule has 0 saturated carbocycles. The first-order valence-electron chi connectivity index (χ1n) is 7.88. The van der Waals surface area contributed by atoms with Gasteiger partial charge in [-0.1, -0.05) is 73.3 Å². The lowest BCUT2D eigenvalue weighted by molar-refractivity contribution is 0.104. The molecule has 3 aromatic carbocycles. The third-order valence-electron chi connectivity index (χ3n) is 3.92. The van der Waals surface area contributed by atoms with Crippen LogP contribution in [0.1, 0.15) is 22.8 Å². The fraction of sp³-hybridized carbons (Fsp3) is 0.0455. The first kappa shape index (κ1) is 15.8. The van der Waals surface area contributed by atoms with E-state index in [4.69, 9.17) is 0 Å². The van der Waals surface area contributed by atoms with Crippen molar-refractivity contribution in [2.45, 2.75) is 6.92 Å². The number of fused-ring (bicyclic) bond motifs is 1. The zero-order chi connectivity index (χ0) is 16.9. The summed E-state index contributed by atoms with van der Waals surface area (Å²) in [6.45, 7) is 5.71. The van der Waals surface area contributed by atoms with E-state index in [1.54, 1.807) is 12.2 Å². The van der Waals surface area contributed by atoms with E-state index in [0.717, 1.165) is 27.7 Å².